The van der Waals surface area contributed by atoms with Gasteiger partial charge < -0.3 is 9.30 Å². The molecule has 0 spiro atoms. The Morgan fingerprint density at radius 3 is 2.83 bits per heavy atom. The van der Waals surface area contributed by atoms with E-state index in [4.69, 9.17) is 10.6 Å². The van der Waals surface area contributed by atoms with Crippen LogP contribution in [0, 0.1) is 0 Å². The molecule has 0 bridgehead atoms. The molecule has 18 heavy (non-hydrogen) atoms. The first-order valence-corrected chi connectivity index (χ1v) is 5.93. The Balaban J connectivity index is 2.42. The number of hydrazine groups is 1. The van der Waals surface area contributed by atoms with Crippen LogP contribution in [0.15, 0.2) is 36.7 Å². The van der Waals surface area contributed by atoms with Crippen molar-refractivity contribution in [1.82, 2.24) is 15.0 Å². The monoisotopic (exact) mass is 246 g/mol. The van der Waals surface area contributed by atoms with Crippen LogP contribution in [-0.2, 0) is 7.05 Å². The van der Waals surface area contributed by atoms with Crippen molar-refractivity contribution in [3.8, 4) is 5.75 Å². The molecule has 0 radical (unpaired) electrons. The van der Waals surface area contributed by atoms with Crippen LogP contribution >= 0.6 is 0 Å². The summed E-state index contributed by atoms with van der Waals surface area (Å²) in [5.41, 5.74) is 3.78. The predicted molar refractivity (Wildman–Crippen MR) is 70.0 cm³/mol. The molecule has 0 saturated carbocycles. The summed E-state index contributed by atoms with van der Waals surface area (Å²) < 4.78 is 7.56. The van der Waals surface area contributed by atoms with Gasteiger partial charge in [0.25, 0.3) is 0 Å². The summed E-state index contributed by atoms with van der Waals surface area (Å²) in [5.74, 6) is 7.35. The van der Waals surface area contributed by atoms with E-state index in [2.05, 4.69) is 10.4 Å². The Morgan fingerprint density at radius 1 is 1.44 bits per heavy atom. The van der Waals surface area contributed by atoms with Crippen molar-refractivity contribution < 1.29 is 4.74 Å². The van der Waals surface area contributed by atoms with Crippen LogP contribution in [0.4, 0.5) is 0 Å². The van der Waals surface area contributed by atoms with Crippen LogP contribution in [0.5, 0.6) is 5.75 Å². The average molecular weight is 246 g/mol. The average Bonchev–Trinajstić information content (AvgIpc) is 2.79. The van der Waals surface area contributed by atoms with Gasteiger partial charge in [-0.05, 0) is 13.0 Å². The van der Waals surface area contributed by atoms with Gasteiger partial charge >= 0.3 is 0 Å². The Labute approximate surface area is 107 Å². The zero-order chi connectivity index (χ0) is 13.0. The Bertz CT molecular complexity index is 509. The number of rotatable bonds is 5. The third-order valence-corrected chi connectivity index (χ3v) is 2.81. The van der Waals surface area contributed by atoms with Crippen molar-refractivity contribution in [3.63, 3.8) is 0 Å². The smallest absolute Gasteiger partial charge is 0.131 e. The van der Waals surface area contributed by atoms with Gasteiger partial charge in [0.15, 0.2) is 0 Å². The second-order valence-electron chi connectivity index (χ2n) is 3.97. The van der Waals surface area contributed by atoms with Crippen LogP contribution in [-0.4, -0.2) is 16.2 Å². The summed E-state index contributed by atoms with van der Waals surface area (Å²) in [6.07, 6.45) is 3.64. The topological polar surface area (TPSA) is 65.1 Å². The second kappa shape index (κ2) is 5.66. The SMILES string of the molecule is CCOc1ccccc1C(NN)c1nccn1C. The van der Waals surface area contributed by atoms with Gasteiger partial charge in [-0.3, -0.25) is 5.84 Å². The maximum atomic E-state index is 5.67. The summed E-state index contributed by atoms with van der Waals surface area (Å²) in [7, 11) is 1.94. The number of ether oxygens (including phenoxy) is 1. The molecule has 0 aliphatic heterocycles. The van der Waals surface area contributed by atoms with E-state index in [1.54, 1.807) is 6.20 Å². The fraction of sp³-hybridized carbons (Fsp3) is 0.308. The van der Waals surface area contributed by atoms with Crippen LogP contribution in [0.1, 0.15) is 24.4 Å². The molecule has 0 saturated heterocycles. The molecule has 0 fully saturated rings. The Hall–Kier alpha value is -1.85. The lowest BCUT2D eigenvalue weighted by Crippen LogP contribution is -2.31. The number of hydrogen-bond acceptors (Lipinski definition) is 4. The minimum atomic E-state index is -0.187. The van der Waals surface area contributed by atoms with Gasteiger partial charge in [-0.15, -0.1) is 0 Å². The minimum absolute atomic E-state index is 0.187. The zero-order valence-corrected chi connectivity index (χ0v) is 10.6. The van der Waals surface area contributed by atoms with Crippen LogP contribution < -0.4 is 16.0 Å². The maximum Gasteiger partial charge on any atom is 0.131 e. The number of para-hydroxylation sites is 1. The molecule has 2 rings (SSSR count). The quantitative estimate of drug-likeness (QED) is 0.618. The van der Waals surface area contributed by atoms with Crippen molar-refractivity contribution in [2.45, 2.75) is 13.0 Å². The number of aryl methyl sites for hydroxylation is 1. The van der Waals surface area contributed by atoms with Crippen LogP contribution in [0.2, 0.25) is 0 Å². The lowest BCUT2D eigenvalue weighted by molar-refractivity contribution is 0.332. The molecule has 0 aliphatic carbocycles. The van der Waals surface area contributed by atoms with E-state index in [1.807, 2.05) is 49.0 Å². The van der Waals surface area contributed by atoms with Crippen molar-refractivity contribution in [1.29, 1.82) is 0 Å². The molecular weight excluding hydrogens is 228 g/mol. The maximum absolute atomic E-state index is 5.67. The van der Waals surface area contributed by atoms with Gasteiger partial charge in [0.05, 0.1) is 6.61 Å². The van der Waals surface area contributed by atoms with Crippen LogP contribution in [0.25, 0.3) is 0 Å². The van der Waals surface area contributed by atoms with E-state index in [0.717, 1.165) is 17.1 Å². The first kappa shape index (κ1) is 12.6. The molecular formula is C13H18N4O. The number of nitrogens with zero attached hydrogens (tertiary/aromatic N) is 2. The van der Waals surface area contributed by atoms with Gasteiger partial charge in [0.1, 0.15) is 17.6 Å². The molecule has 1 heterocycles. The van der Waals surface area contributed by atoms with E-state index in [0.29, 0.717) is 6.61 Å². The highest BCUT2D eigenvalue weighted by Crippen LogP contribution is 2.28. The molecule has 1 atom stereocenters. The van der Waals surface area contributed by atoms with Gasteiger partial charge in [-0.2, -0.15) is 0 Å². The number of hydrogen-bond donors (Lipinski definition) is 2. The van der Waals surface area contributed by atoms with Gasteiger partial charge in [-0.1, -0.05) is 18.2 Å². The highest BCUT2D eigenvalue weighted by Gasteiger charge is 2.20. The third kappa shape index (κ3) is 2.37. The molecule has 2 aromatic rings. The highest BCUT2D eigenvalue weighted by molar-refractivity contribution is 5.38. The van der Waals surface area contributed by atoms with E-state index in [1.165, 1.54) is 0 Å². The van der Waals surface area contributed by atoms with Crippen molar-refractivity contribution in [2.75, 3.05) is 6.61 Å². The van der Waals surface area contributed by atoms with Crippen molar-refractivity contribution in [3.05, 3.63) is 48.0 Å². The van der Waals surface area contributed by atoms with Gasteiger partial charge in [-0.25, -0.2) is 10.4 Å². The molecule has 1 aromatic heterocycles. The number of imidazole rings is 1. The number of nitrogens with two attached hydrogens (primary N) is 1. The molecule has 96 valence electrons. The summed E-state index contributed by atoms with van der Waals surface area (Å²) in [5, 5.41) is 0. The van der Waals surface area contributed by atoms with Crippen LogP contribution in [0.3, 0.4) is 0 Å². The molecule has 0 aliphatic rings. The standard InChI is InChI=1S/C13H18N4O/c1-3-18-11-7-5-4-6-10(11)12(16-14)13-15-8-9-17(13)2/h4-9,12,16H,3,14H2,1-2H3. The number of aromatic nitrogens is 2. The van der Waals surface area contributed by atoms with Crippen molar-refractivity contribution >= 4 is 0 Å². The minimum Gasteiger partial charge on any atom is -0.494 e. The first-order chi connectivity index (χ1) is 8.77. The number of nitrogens with one attached hydrogen (secondary N) is 1. The Morgan fingerprint density at radius 2 is 2.22 bits per heavy atom. The summed E-state index contributed by atoms with van der Waals surface area (Å²) >= 11 is 0. The molecule has 5 nitrogen and oxygen atoms in total. The van der Waals surface area contributed by atoms with E-state index in [9.17, 15) is 0 Å². The molecule has 0 amide bonds. The Kier molecular flexibility index (Phi) is 3.96. The van der Waals surface area contributed by atoms with E-state index < -0.39 is 0 Å². The predicted octanol–water partition coefficient (Wildman–Crippen LogP) is 1.37. The first-order valence-electron chi connectivity index (χ1n) is 5.93. The largest absolute Gasteiger partial charge is 0.494 e. The second-order valence-corrected chi connectivity index (χ2v) is 3.97. The molecule has 3 N–H and O–H groups in total. The third-order valence-electron chi connectivity index (χ3n) is 2.81. The lowest BCUT2D eigenvalue weighted by Gasteiger charge is -2.19. The van der Waals surface area contributed by atoms with E-state index in [-0.39, 0.29) is 6.04 Å². The zero-order valence-electron chi connectivity index (χ0n) is 10.6. The molecule has 5 heteroatoms. The van der Waals surface area contributed by atoms with Gasteiger partial charge in [0, 0.05) is 25.0 Å². The number of benzene rings is 1. The fourth-order valence-corrected chi connectivity index (χ4v) is 1.96. The van der Waals surface area contributed by atoms with Gasteiger partial charge in [0.2, 0.25) is 0 Å². The summed E-state index contributed by atoms with van der Waals surface area (Å²) in [4.78, 5) is 4.33. The normalized spacial score (nSPS) is 12.4. The van der Waals surface area contributed by atoms with E-state index >= 15 is 0 Å². The van der Waals surface area contributed by atoms with Crippen molar-refractivity contribution in [2.24, 2.45) is 12.9 Å². The molecule has 1 aromatic carbocycles. The lowest BCUT2D eigenvalue weighted by atomic mass is 10.1. The fourth-order valence-electron chi connectivity index (χ4n) is 1.96. The summed E-state index contributed by atoms with van der Waals surface area (Å²) in [6.45, 7) is 2.58. The molecule has 1 unspecified atom stereocenters. The highest BCUT2D eigenvalue weighted by atomic mass is 16.5. The summed E-state index contributed by atoms with van der Waals surface area (Å²) in [6, 6.07) is 7.65.